The normalized spacial score (nSPS) is 18.4. The van der Waals surface area contributed by atoms with Crippen molar-refractivity contribution in [3.8, 4) is 5.75 Å². The van der Waals surface area contributed by atoms with Gasteiger partial charge in [0.05, 0.1) is 6.04 Å². The summed E-state index contributed by atoms with van der Waals surface area (Å²) in [6.07, 6.45) is 0.653. The van der Waals surface area contributed by atoms with Crippen molar-refractivity contribution < 1.29 is 13.2 Å². The lowest BCUT2D eigenvalue weighted by atomic mass is 10.0. The lowest BCUT2D eigenvalue weighted by Gasteiger charge is -2.25. The molecule has 1 aromatic heterocycles. The number of para-hydroxylation sites is 1. The zero-order chi connectivity index (χ0) is 14.2. The van der Waals surface area contributed by atoms with Crippen LogP contribution in [-0.2, 0) is 16.4 Å². The lowest BCUT2D eigenvalue weighted by Crippen LogP contribution is -2.42. The van der Waals surface area contributed by atoms with Crippen LogP contribution in [0, 0.1) is 6.92 Å². The number of nitrogens with one attached hydrogen (secondary N) is 1. The average molecular weight is 309 g/mol. The molecule has 1 N–H and O–H groups in total. The number of fused-ring (bicyclic) bond motifs is 1. The molecule has 0 amide bonds. The van der Waals surface area contributed by atoms with Crippen molar-refractivity contribution in [2.45, 2.75) is 23.6 Å². The van der Waals surface area contributed by atoms with E-state index in [4.69, 9.17) is 4.74 Å². The average Bonchev–Trinajstić information content (AvgIpc) is 2.86. The molecule has 1 unspecified atom stereocenters. The molecular weight excluding hydrogens is 294 g/mol. The largest absolute Gasteiger partial charge is 0.492 e. The van der Waals surface area contributed by atoms with E-state index in [1.54, 1.807) is 6.07 Å². The summed E-state index contributed by atoms with van der Waals surface area (Å²) < 4.78 is 33.2. The molecule has 0 saturated carbocycles. The molecule has 0 saturated heterocycles. The second kappa shape index (κ2) is 5.20. The van der Waals surface area contributed by atoms with Gasteiger partial charge >= 0.3 is 0 Å². The molecule has 1 aromatic carbocycles. The van der Waals surface area contributed by atoms with E-state index in [0.717, 1.165) is 16.2 Å². The lowest BCUT2D eigenvalue weighted by molar-refractivity contribution is 0.254. The van der Waals surface area contributed by atoms with Crippen LogP contribution in [0.5, 0.6) is 5.75 Å². The molecule has 20 heavy (non-hydrogen) atoms. The van der Waals surface area contributed by atoms with Crippen molar-refractivity contribution in [2.24, 2.45) is 0 Å². The van der Waals surface area contributed by atoms with E-state index in [9.17, 15) is 8.42 Å². The van der Waals surface area contributed by atoms with Gasteiger partial charge in [-0.15, -0.1) is 11.3 Å². The van der Waals surface area contributed by atoms with E-state index in [0.29, 0.717) is 17.2 Å². The Kier molecular flexibility index (Phi) is 3.54. The van der Waals surface area contributed by atoms with Crippen LogP contribution < -0.4 is 9.46 Å². The number of aryl methyl sites for hydroxylation is 1. The Balaban J connectivity index is 1.77. The monoisotopic (exact) mass is 309 g/mol. The van der Waals surface area contributed by atoms with Gasteiger partial charge in [0.15, 0.2) is 0 Å². The summed E-state index contributed by atoms with van der Waals surface area (Å²) in [5.41, 5.74) is 1.04. The van der Waals surface area contributed by atoms with Crippen LogP contribution in [0.4, 0.5) is 0 Å². The molecular formula is C14H15NO3S2. The summed E-state index contributed by atoms with van der Waals surface area (Å²) in [5, 5.41) is 0. The number of rotatable bonds is 3. The highest BCUT2D eigenvalue weighted by Gasteiger charge is 2.25. The van der Waals surface area contributed by atoms with Gasteiger partial charge in [0.1, 0.15) is 16.6 Å². The van der Waals surface area contributed by atoms with Crippen molar-refractivity contribution >= 4 is 21.4 Å². The van der Waals surface area contributed by atoms with Crippen LogP contribution in [0.15, 0.2) is 40.6 Å². The Hall–Kier alpha value is -1.37. The smallest absolute Gasteiger partial charge is 0.250 e. The Morgan fingerprint density at radius 2 is 2.05 bits per heavy atom. The van der Waals surface area contributed by atoms with Crippen molar-refractivity contribution in [1.82, 2.24) is 4.72 Å². The molecule has 1 aliphatic heterocycles. The third-order valence-electron chi connectivity index (χ3n) is 3.18. The van der Waals surface area contributed by atoms with Crippen LogP contribution in [0.25, 0.3) is 0 Å². The third-order valence-corrected chi connectivity index (χ3v) is 6.19. The number of thiophene rings is 1. The molecule has 0 spiro atoms. The van der Waals surface area contributed by atoms with E-state index in [2.05, 4.69) is 4.72 Å². The van der Waals surface area contributed by atoms with Gasteiger partial charge in [-0.05, 0) is 37.1 Å². The van der Waals surface area contributed by atoms with Crippen LogP contribution in [0.2, 0.25) is 0 Å². The zero-order valence-electron chi connectivity index (χ0n) is 11.0. The maximum absolute atomic E-state index is 12.3. The van der Waals surface area contributed by atoms with Gasteiger partial charge in [0, 0.05) is 4.88 Å². The molecule has 106 valence electrons. The number of benzene rings is 1. The number of hydrogen-bond donors (Lipinski definition) is 1. The van der Waals surface area contributed by atoms with Crippen LogP contribution in [0.3, 0.4) is 0 Å². The molecule has 3 rings (SSSR count). The molecule has 6 heteroatoms. The van der Waals surface area contributed by atoms with Gasteiger partial charge in [-0.2, -0.15) is 0 Å². The Morgan fingerprint density at radius 1 is 1.25 bits per heavy atom. The molecule has 0 bridgehead atoms. The summed E-state index contributed by atoms with van der Waals surface area (Å²) in [6.45, 7) is 2.25. The van der Waals surface area contributed by atoms with Crippen molar-refractivity contribution in [3.05, 3.63) is 46.8 Å². The topological polar surface area (TPSA) is 55.4 Å². The quantitative estimate of drug-likeness (QED) is 0.947. The van der Waals surface area contributed by atoms with Crippen molar-refractivity contribution in [3.63, 3.8) is 0 Å². The zero-order valence-corrected chi connectivity index (χ0v) is 12.6. The molecule has 2 heterocycles. The summed E-state index contributed by atoms with van der Waals surface area (Å²) in [4.78, 5) is 0.982. The van der Waals surface area contributed by atoms with Gasteiger partial charge in [-0.25, -0.2) is 13.1 Å². The highest BCUT2D eigenvalue weighted by Crippen LogP contribution is 2.26. The first-order chi connectivity index (χ1) is 9.54. The molecule has 0 fully saturated rings. The predicted octanol–water partition coefficient (Wildman–Crippen LogP) is 2.34. The fourth-order valence-electron chi connectivity index (χ4n) is 2.24. The van der Waals surface area contributed by atoms with Crippen molar-refractivity contribution in [1.29, 1.82) is 0 Å². The Morgan fingerprint density at radius 3 is 2.80 bits per heavy atom. The van der Waals surface area contributed by atoms with E-state index in [-0.39, 0.29) is 6.04 Å². The van der Waals surface area contributed by atoms with Gasteiger partial charge in [-0.1, -0.05) is 18.2 Å². The standard InChI is InChI=1S/C14H15NO3S2/c1-10-6-7-14(19-10)20(16,17)15-12-8-11-4-2-3-5-13(11)18-9-12/h2-7,12,15H,8-9H2,1H3. The van der Waals surface area contributed by atoms with E-state index >= 15 is 0 Å². The van der Waals surface area contributed by atoms with E-state index in [1.807, 2.05) is 37.3 Å². The molecule has 4 nitrogen and oxygen atoms in total. The highest BCUT2D eigenvalue weighted by atomic mass is 32.2. The minimum absolute atomic E-state index is 0.225. The van der Waals surface area contributed by atoms with Gasteiger partial charge in [0.2, 0.25) is 10.0 Å². The summed E-state index contributed by atoms with van der Waals surface area (Å²) >= 11 is 1.28. The summed E-state index contributed by atoms with van der Waals surface area (Å²) in [6, 6.07) is 10.9. The fraction of sp³-hybridized carbons (Fsp3) is 0.286. The first kappa shape index (κ1) is 13.6. The van der Waals surface area contributed by atoms with Crippen LogP contribution >= 0.6 is 11.3 Å². The Bertz CT molecular complexity index is 722. The van der Waals surface area contributed by atoms with Crippen molar-refractivity contribution in [2.75, 3.05) is 6.61 Å². The van der Waals surface area contributed by atoms with Crippen LogP contribution in [-0.4, -0.2) is 21.1 Å². The third kappa shape index (κ3) is 2.72. The Labute approximate surface area is 122 Å². The number of hydrogen-bond acceptors (Lipinski definition) is 4. The maximum Gasteiger partial charge on any atom is 0.250 e. The molecule has 1 aliphatic rings. The minimum Gasteiger partial charge on any atom is -0.492 e. The number of ether oxygens (including phenoxy) is 1. The van der Waals surface area contributed by atoms with Crippen LogP contribution in [0.1, 0.15) is 10.4 Å². The molecule has 1 atom stereocenters. The van der Waals surface area contributed by atoms with E-state index < -0.39 is 10.0 Å². The number of sulfonamides is 1. The van der Waals surface area contributed by atoms with Gasteiger partial charge in [0.25, 0.3) is 0 Å². The second-order valence-corrected chi connectivity index (χ2v) is 8.03. The summed E-state index contributed by atoms with van der Waals surface area (Å²) in [7, 11) is -3.45. The molecule has 0 radical (unpaired) electrons. The first-order valence-electron chi connectivity index (χ1n) is 6.34. The van der Waals surface area contributed by atoms with Gasteiger partial charge < -0.3 is 4.74 Å². The molecule has 0 aliphatic carbocycles. The minimum atomic E-state index is -3.45. The SMILES string of the molecule is Cc1ccc(S(=O)(=O)NC2COc3ccccc3C2)s1. The van der Waals surface area contributed by atoms with E-state index in [1.165, 1.54) is 11.3 Å². The molecule has 2 aromatic rings. The second-order valence-electron chi connectivity index (χ2n) is 4.81. The summed E-state index contributed by atoms with van der Waals surface area (Å²) in [5.74, 6) is 0.843. The highest BCUT2D eigenvalue weighted by molar-refractivity contribution is 7.91. The predicted molar refractivity (Wildman–Crippen MR) is 78.8 cm³/mol. The first-order valence-corrected chi connectivity index (χ1v) is 8.64. The van der Waals surface area contributed by atoms with Gasteiger partial charge in [-0.3, -0.25) is 0 Å². The fourth-order valence-corrected chi connectivity index (χ4v) is 4.76. The maximum atomic E-state index is 12.3.